The second kappa shape index (κ2) is 7.47. The molecule has 0 saturated heterocycles. The maximum atomic E-state index is 3.83. The standard InChI is InChI=1S/C24H18Br3N/c25-11-5-6-12-28-21-13-19(26)15-7-1-3-9-17(15)23(21)24-18-10-4-2-8-16(18)20(27)14-22(24)28/h1-4,7-10,13-14H,5-6,11-12H2. The highest BCUT2D eigenvalue weighted by molar-refractivity contribution is 9.11. The third kappa shape index (κ3) is 2.84. The van der Waals surface area contributed by atoms with Gasteiger partial charge in [0.1, 0.15) is 0 Å². The molecule has 0 atom stereocenters. The second-order valence-electron chi connectivity index (χ2n) is 7.14. The van der Waals surface area contributed by atoms with Gasteiger partial charge < -0.3 is 4.57 Å². The largest absolute Gasteiger partial charge is 0.340 e. The number of alkyl halides is 1. The molecule has 140 valence electrons. The second-order valence-corrected chi connectivity index (χ2v) is 9.65. The van der Waals surface area contributed by atoms with Crippen LogP contribution in [0.25, 0.3) is 43.4 Å². The molecular formula is C24H18Br3N. The van der Waals surface area contributed by atoms with Crippen LogP contribution in [-0.4, -0.2) is 9.90 Å². The van der Waals surface area contributed by atoms with Crippen molar-refractivity contribution in [1.29, 1.82) is 0 Å². The van der Waals surface area contributed by atoms with Crippen LogP contribution in [0.15, 0.2) is 69.6 Å². The first-order valence-electron chi connectivity index (χ1n) is 9.47. The first-order valence-corrected chi connectivity index (χ1v) is 12.2. The highest BCUT2D eigenvalue weighted by atomic mass is 79.9. The topological polar surface area (TPSA) is 4.93 Å². The zero-order chi connectivity index (χ0) is 19.3. The van der Waals surface area contributed by atoms with Crippen LogP contribution < -0.4 is 0 Å². The molecule has 5 rings (SSSR count). The lowest BCUT2D eigenvalue weighted by Gasteiger charge is -2.09. The van der Waals surface area contributed by atoms with Crippen molar-refractivity contribution in [2.75, 3.05) is 5.33 Å². The summed E-state index contributed by atoms with van der Waals surface area (Å²) in [4.78, 5) is 0. The quantitative estimate of drug-likeness (QED) is 0.153. The minimum Gasteiger partial charge on any atom is -0.340 e. The molecule has 0 spiro atoms. The van der Waals surface area contributed by atoms with Crippen molar-refractivity contribution in [2.45, 2.75) is 19.4 Å². The third-order valence-electron chi connectivity index (χ3n) is 5.54. The minimum absolute atomic E-state index is 1.02. The van der Waals surface area contributed by atoms with E-state index in [0.29, 0.717) is 0 Å². The number of benzene rings is 4. The molecule has 0 bridgehead atoms. The fourth-order valence-corrected chi connectivity index (χ4v) is 5.84. The van der Waals surface area contributed by atoms with Crippen LogP contribution >= 0.6 is 47.8 Å². The third-order valence-corrected chi connectivity index (χ3v) is 7.42. The van der Waals surface area contributed by atoms with E-state index in [1.807, 2.05) is 0 Å². The van der Waals surface area contributed by atoms with E-state index in [0.717, 1.165) is 27.2 Å². The van der Waals surface area contributed by atoms with Gasteiger partial charge in [0.2, 0.25) is 0 Å². The van der Waals surface area contributed by atoms with Gasteiger partial charge in [0.15, 0.2) is 0 Å². The number of halogens is 3. The lowest BCUT2D eigenvalue weighted by Crippen LogP contribution is -1.98. The number of unbranched alkanes of at least 4 members (excludes halogenated alkanes) is 1. The smallest absolute Gasteiger partial charge is 0.0509 e. The highest BCUT2D eigenvalue weighted by Gasteiger charge is 2.18. The van der Waals surface area contributed by atoms with Crippen LogP contribution in [0, 0.1) is 0 Å². The first kappa shape index (κ1) is 18.7. The van der Waals surface area contributed by atoms with Crippen molar-refractivity contribution >= 4 is 91.1 Å². The summed E-state index contributed by atoms with van der Waals surface area (Å²) in [5.41, 5.74) is 2.61. The SMILES string of the molecule is BrCCCCn1c2cc(Br)c3ccccc3c2c2c3ccccc3c(Br)cc21. The predicted molar refractivity (Wildman–Crippen MR) is 133 cm³/mol. The normalized spacial score (nSPS) is 12.0. The van der Waals surface area contributed by atoms with Gasteiger partial charge in [0, 0.05) is 31.6 Å². The summed E-state index contributed by atoms with van der Waals surface area (Å²) in [5.74, 6) is 0. The Morgan fingerprint density at radius 2 is 1.11 bits per heavy atom. The molecule has 0 aliphatic rings. The number of hydrogen-bond acceptors (Lipinski definition) is 0. The molecule has 0 radical (unpaired) electrons. The Hall–Kier alpha value is -1.36. The Labute approximate surface area is 189 Å². The van der Waals surface area contributed by atoms with Gasteiger partial charge in [-0.1, -0.05) is 96.3 Å². The molecule has 0 aliphatic carbocycles. The molecule has 0 fully saturated rings. The van der Waals surface area contributed by atoms with Gasteiger partial charge in [-0.3, -0.25) is 0 Å². The monoisotopic (exact) mass is 557 g/mol. The Bertz CT molecular complexity index is 1250. The van der Waals surface area contributed by atoms with Gasteiger partial charge in [-0.2, -0.15) is 0 Å². The molecule has 0 unspecified atom stereocenters. The molecule has 1 nitrogen and oxygen atoms in total. The van der Waals surface area contributed by atoms with Gasteiger partial charge >= 0.3 is 0 Å². The predicted octanol–water partition coefficient (Wildman–Crippen LogP) is 8.80. The minimum atomic E-state index is 1.02. The van der Waals surface area contributed by atoms with E-state index in [1.54, 1.807) is 0 Å². The summed E-state index contributed by atoms with van der Waals surface area (Å²) in [6.07, 6.45) is 2.32. The van der Waals surface area contributed by atoms with Gasteiger partial charge in [-0.05, 0) is 46.5 Å². The van der Waals surface area contributed by atoms with Crippen LogP contribution in [0.3, 0.4) is 0 Å². The van der Waals surface area contributed by atoms with Crippen molar-refractivity contribution in [2.24, 2.45) is 0 Å². The van der Waals surface area contributed by atoms with Crippen LogP contribution in [0.2, 0.25) is 0 Å². The Morgan fingerprint density at radius 1 is 0.643 bits per heavy atom. The van der Waals surface area contributed by atoms with Crippen LogP contribution in [0.1, 0.15) is 12.8 Å². The van der Waals surface area contributed by atoms with Crippen LogP contribution in [0.4, 0.5) is 0 Å². The zero-order valence-electron chi connectivity index (χ0n) is 15.2. The number of hydrogen-bond donors (Lipinski definition) is 0. The number of aryl methyl sites for hydroxylation is 1. The molecule has 5 aromatic rings. The molecule has 0 saturated carbocycles. The lowest BCUT2D eigenvalue weighted by molar-refractivity contribution is 0.670. The Kier molecular flexibility index (Phi) is 4.98. The van der Waals surface area contributed by atoms with E-state index in [9.17, 15) is 0 Å². The molecular weight excluding hydrogens is 542 g/mol. The van der Waals surface area contributed by atoms with E-state index in [4.69, 9.17) is 0 Å². The number of nitrogens with zero attached hydrogens (tertiary/aromatic N) is 1. The van der Waals surface area contributed by atoms with Gasteiger partial charge in [-0.15, -0.1) is 0 Å². The summed E-state index contributed by atoms with van der Waals surface area (Å²) in [6.45, 7) is 1.02. The van der Waals surface area contributed by atoms with Crippen molar-refractivity contribution < 1.29 is 0 Å². The molecule has 4 aromatic carbocycles. The van der Waals surface area contributed by atoms with Crippen molar-refractivity contribution in [3.8, 4) is 0 Å². The van der Waals surface area contributed by atoms with Gasteiger partial charge in [0.25, 0.3) is 0 Å². The van der Waals surface area contributed by atoms with E-state index < -0.39 is 0 Å². The summed E-state index contributed by atoms with van der Waals surface area (Å²) in [6, 6.07) is 22.0. The number of rotatable bonds is 4. The van der Waals surface area contributed by atoms with Crippen LogP contribution in [-0.2, 0) is 6.54 Å². The van der Waals surface area contributed by atoms with E-state index in [1.165, 1.54) is 49.8 Å². The summed E-state index contributed by atoms with van der Waals surface area (Å²) in [7, 11) is 0. The number of aromatic nitrogens is 1. The first-order chi connectivity index (χ1) is 13.7. The average molecular weight is 560 g/mol. The van der Waals surface area contributed by atoms with E-state index >= 15 is 0 Å². The molecule has 0 aliphatic heterocycles. The van der Waals surface area contributed by atoms with E-state index in [2.05, 4.69) is 113 Å². The van der Waals surface area contributed by atoms with Crippen molar-refractivity contribution in [3.05, 3.63) is 69.6 Å². The lowest BCUT2D eigenvalue weighted by atomic mass is 10.00. The zero-order valence-corrected chi connectivity index (χ0v) is 19.9. The maximum Gasteiger partial charge on any atom is 0.0509 e. The summed E-state index contributed by atoms with van der Waals surface area (Å²) < 4.78 is 4.81. The molecule has 0 N–H and O–H groups in total. The molecule has 0 amide bonds. The van der Waals surface area contributed by atoms with Crippen LogP contribution in [0.5, 0.6) is 0 Å². The molecule has 4 heteroatoms. The fraction of sp³-hybridized carbons (Fsp3) is 0.167. The van der Waals surface area contributed by atoms with Crippen molar-refractivity contribution in [1.82, 2.24) is 4.57 Å². The van der Waals surface area contributed by atoms with E-state index in [-0.39, 0.29) is 0 Å². The number of fused-ring (bicyclic) bond motifs is 7. The fourth-order valence-electron chi connectivity index (χ4n) is 4.32. The molecule has 1 heterocycles. The van der Waals surface area contributed by atoms with Crippen molar-refractivity contribution in [3.63, 3.8) is 0 Å². The van der Waals surface area contributed by atoms with Gasteiger partial charge in [-0.25, -0.2) is 0 Å². The Morgan fingerprint density at radius 3 is 1.57 bits per heavy atom. The average Bonchev–Trinajstić information content (AvgIpc) is 3.02. The highest BCUT2D eigenvalue weighted by Crippen LogP contribution is 2.43. The molecule has 1 aromatic heterocycles. The van der Waals surface area contributed by atoms with Gasteiger partial charge in [0.05, 0.1) is 11.0 Å². The summed E-state index contributed by atoms with van der Waals surface area (Å²) in [5, 5.41) is 8.91. The Balaban J connectivity index is 2.02. The maximum absolute atomic E-state index is 3.83. The molecule has 28 heavy (non-hydrogen) atoms. The summed E-state index contributed by atoms with van der Waals surface area (Å²) >= 11 is 11.2.